The summed E-state index contributed by atoms with van der Waals surface area (Å²) in [6, 6.07) is 7.28. The van der Waals surface area contributed by atoms with Gasteiger partial charge in [0.25, 0.3) is 11.5 Å². The molecular formula is C18H24N4O2. The molecule has 128 valence electrons. The van der Waals surface area contributed by atoms with Gasteiger partial charge in [-0.3, -0.25) is 9.59 Å². The Morgan fingerprint density at radius 2 is 1.88 bits per heavy atom. The first-order valence-corrected chi connectivity index (χ1v) is 8.72. The Morgan fingerprint density at radius 3 is 2.58 bits per heavy atom. The molecule has 24 heavy (non-hydrogen) atoms. The minimum absolute atomic E-state index is 0.0862. The number of amides is 1. The van der Waals surface area contributed by atoms with Crippen molar-refractivity contribution < 1.29 is 4.79 Å². The molecule has 0 atom stereocenters. The summed E-state index contributed by atoms with van der Waals surface area (Å²) in [5, 5.41) is 8.91. The van der Waals surface area contributed by atoms with Crippen molar-refractivity contribution in [2.75, 3.05) is 26.2 Å². The van der Waals surface area contributed by atoms with Crippen LogP contribution in [0.3, 0.4) is 0 Å². The van der Waals surface area contributed by atoms with Crippen molar-refractivity contribution >= 4 is 16.7 Å². The summed E-state index contributed by atoms with van der Waals surface area (Å²) < 4.78 is 1.47. The van der Waals surface area contributed by atoms with Crippen molar-refractivity contribution in [3.63, 3.8) is 0 Å². The van der Waals surface area contributed by atoms with Gasteiger partial charge in [0.15, 0.2) is 5.69 Å². The summed E-state index contributed by atoms with van der Waals surface area (Å²) in [5.41, 5.74) is 0.280. The molecule has 6 nitrogen and oxygen atoms in total. The molecule has 2 heterocycles. The fourth-order valence-corrected chi connectivity index (χ4v) is 3.07. The van der Waals surface area contributed by atoms with E-state index in [1.165, 1.54) is 4.68 Å². The molecule has 1 aliphatic heterocycles. The van der Waals surface area contributed by atoms with Crippen LogP contribution in [0.2, 0.25) is 0 Å². The SMILES string of the molecule is CCCCCn1nc(C(=O)N2CCNCC2)c2ccccc2c1=O. The third kappa shape index (κ3) is 3.33. The molecule has 3 rings (SSSR count). The van der Waals surface area contributed by atoms with E-state index in [9.17, 15) is 9.59 Å². The zero-order valence-corrected chi connectivity index (χ0v) is 14.1. The molecule has 0 bridgehead atoms. The number of fused-ring (bicyclic) bond motifs is 1. The zero-order chi connectivity index (χ0) is 16.9. The highest BCUT2D eigenvalue weighted by molar-refractivity contribution is 6.04. The maximum atomic E-state index is 12.9. The highest BCUT2D eigenvalue weighted by Gasteiger charge is 2.23. The Labute approximate surface area is 141 Å². The number of rotatable bonds is 5. The minimum atomic E-state index is -0.112. The van der Waals surface area contributed by atoms with Crippen molar-refractivity contribution in [3.05, 3.63) is 40.3 Å². The van der Waals surface area contributed by atoms with Crippen molar-refractivity contribution in [1.29, 1.82) is 0 Å². The zero-order valence-electron chi connectivity index (χ0n) is 14.1. The summed E-state index contributed by atoms with van der Waals surface area (Å²) in [6.45, 7) is 5.60. The molecule has 0 saturated carbocycles. The lowest BCUT2D eigenvalue weighted by Gasteiger charge is -2.27. The van der Waals surface area contributed by atoms with E-state index in [0.717, 1.165) is 32.4 Å². The van der Waals surface area contributed by atoms with Crippen LogP contribution in [0, 0.1) is 0 Å². The average molecular weight is 328 g/mol. The van der Waals surface area contributed by atoms with Gasteiger partial charge in [0.2, 0.25) is 0 Å². The van der Waals surface area contributed by atoms with E-state index in [1.807, 2.05) is 23.1 Å². The van der Waals surface area contributed by atoms with Crippen molar-refractivity contribution in [2.24, 2.45) is 0 Å². The van der Waals surface area contributed by atoms with Crippen LogP contribution in [-0.4, -0.2) is 46.8 Å². The lowest BCUT2D eigenvalue weighted by Crippen LogP contribution is -2.47. The number of aromatic nitrogens is 2. The van der Waals surface area contributed by atoms with E-state index < -0.39 is 0 Å². The van der Waals surface area contributed by atoms with Crippen LogP contribution in [-0.2, 0) is 6.54 Å². The van der Waals surface area contributed by atoms with Gasteiger partial charge in [-0.1, -0.05) is 38.0 Å². The van der Waals surface area contributed by atoms with E-state index in [0.29, 0.717) is 36.1 Å². The van der Waals surface area contributed by atoms with Gasteiger partial charge < -0.3 is 10.2 Å². The third-order valence-electron chi connectivity index (χ3n) is 4.45. The lowest BCUT2D eigenvalue weighted by atomic mass is 10.1. The molecule has 1 N–H and O–H groups in total. The fourth-order valence-electron chi connectivity index (χ4n) is 3.07. The summed E-state index contributed by atoms with van der Waals surface area (Å²) in [5.74, 6) is -0.0862. The Kier molecular flexibility index (Phi) is 5.25. The first-order valence-electron chi connectivity index (χ1n) is 8.72. The van der Waals surface area contributed by atoms with Gasteiger partial charge in [0.05, 0.1) is 5.39 Å². The number of benzene rings is 1. The summed E-state index contributed by atoms with van der Waals surface area (Å²) >= 11 is 0. The second-order valence-electron chi connectivity index (χ2n) is 6.17. The molecule has 0 radical (unpaired) electrons. The number of nitrogens with one attached hydrogen (secondary N) is 1. The summed E-state index contributed by atoms with van der Waals surface area (Å²) in [7, 11) is 0. The van der Waals surface area contributed by atoms with Gasteiger partial charge in [-0.05, 0) is 12.5 Å². The summed E-state index contributed by atoms with van der Waals surface area (Å²) in [4.78, 5) is 27.4. The van der Waals surface area contributed by atoms with Crippen LogP contribution in [0.1, 0.15) is 36.7 Å². The lowest BCUT2D eigenvalue weighted by molar-refractivity contribution is 0.0729. The van der Waals surface area contributed by atoms with Gasteiger partial charge in [0.1, 0.15) is 0 Å². The predicted molar refractivity (Wildman–Crippen MR) is 94.3 cm³/mol. The standard InChI is InChI=1S/C18H24N4O2/c1-2-3-6-11-22-17(23)15-8-5-4-7-14(15)16(20-22)18(24)21-12-9-19-10-13-21/h4-5,7-8,19H,2-3,6,9-13H2,1H3. The first-order chi connectivity index (χ1) is 11.7. The number of unbranched alkanes of at least 4 members (excludes halogenated alkanes) is 2. The Morgan fingerprint density at radius 1 is 1.17 bits per heavy atom. The molecule has 1 aliphatic rings. The largest absolute Gasteiger partial charge is 0.335 e. The smallest absolute Gasteiger partial charge is 0.275 e. The van der Waals surface area contributed by atoms with Crippen LogP contribution < -0.4 is 10.9 Å². The molecule has 0 unspecified atom stereocenters. The van der Waals surface area contributed by atoms with Gasteiger partial charge in [-0.2, -0.15) is 5.10 Å². The average Bonchev–Trinajstić information content (AvgIpc) is 2.64. The predicted octanol–water partition coefficient (Wildman–Crippen LogP) is 1.63. The second kappa shape index (κ2) is 7.57. The molecule has 0 aliphatic carbocycles. The fraction of sp³-hybridized carbons (Fsp3) is 0.500. The molecule has 1 aromatic carbocycles. The number of aryl methyl sites for hydroxylation is 1. The summed E-state index contributed by atoms with van der Waals surface area (Å²) in [6.07, 6.45) is 3.01. The normalized spacial score (nSPS) is 15.0. The van der Waals surface area contributed by atoms with Crippen LogP contribution in [0.15, 0.2) is 29.1 Å². The molecule has 1 saturated heterocycles. The first kappa shape index (κ1) is 16.6. The quantitative estimate of drug-likeness (QED) is 0.847. The highest BCUT2D eigenvalue weighted by Crippen LogP contribution is 2.16. The van der Waals surface area contributed by atoms with Crippen LogP contribution in [0.4, 0.5) is 0 Å². The third-order valence-corrected chi connectivity index (χ3v) is 4.45. The van der Waals surface area contributed by atoms with Crippen LogP contribution >= 0.6 is 0 Å². The molecule has 1 fully saturated rings. The van der Waals surface area contributed by atoms with Crippen LogP contribution in [0.25, 0.3) is 10.8 Å². The molecular weight excluding hydrogens is 304 g/mol. The van der Waals surface area contributed by atoms with Gasteiger partial charge >= 0.3 is 0 Å². The van der Waals surface area contributed by atoms with E-state index in [4.69, 9.17) is 0 Å². The van der Waals surface area contributed by atoms with Gasteiger partial charge in [-0.15, -0.1) is 0 Å². The monoisotopic (exact) mass is 328 g/mol. The minimum Gasteiger partial charge on any atom is -0.335 e. The molecule has 6 heteroatoms. The van der Waals surface area contributed by atoms with E-state index >= 15 is 0 Å². The number of piperazine rings is 1. The topological polar surface area (TPSA) is 67.2 Å². The number of hydrogen-bond acceptors (Lipinski definition) is 4. The molecule has 1 aromatic heterocycles. The van der Waals surface area contributed by atoms with Crippen LogP contribution in [0.5, 0.6) is 0 Å². The van der Waals surface area contributed by atoms with Crippen molar-refractivity contribution in [1.82, 2.24) is 20.0 Å². The van der Waals surface area contributed by atoms with Crippen molar-refractivity contribution in [3.8, 4) is 0 Å². The molecule has 1 amide bonds. The number of hydrogen-bond donors (Lipinski definition) is 1. The number of carbonyl (C=O) groups excluding carboxylic acids is 1. The van der Waals surface area contributed by atoms with E-state index in [1.54, 1.807) is 6.07 Å². The van der Waals surface area contributed by atoms with Gasteiger partial charge in [0, 0.05) is 38.1 Å². The molecule has 2 aromatic rings. The molecule has 0 spiro atoms. The maximum absolute atomic E-state index is 12.9. The highest BCUT2D eigenvalue weighted by atomic mass is 16.2. The Bertz CT molecular complexity index is 778. The van der Waals surface area contributed by atoms with Gasteiger partial charge in [-0.25, -0.2) is 4.68 Å². The Balaban J connectivity index is 2.03. The van der Waals surface area contributed by atoms with E-state index in [-0.39, 0.29) is 11.5 Å². The van der Waals surface area contributed by atoms with E-state index in [2.05, 4.69) is 17.3 Å². The second-order valence-corrected chi connectivity index (χ2v) is 6.17. The number of nitrogens with zero attached hydrogens (tertiary/aromatic N) is 3. The Hall–Kier alpha value is -2.21. The number of carbonyl (C=O) groups is 1. The maximum Gasteiger partial charge on any atom is 0.275 e. The van der Waals surface area contributed by atoms with Crippen molar-refractivity contribution in [2.45, 2.75) is 32.7 Å².